The van der Waals surface area contributed by atoms with E-state index < -0.39 is 0 Å². The molecule has 2 atom stereocenters. The zero-order valence-electron chi connectivity index (χ0n) is 8.54. The van der Waals surface area contributed by atoms with E-state index in [1.54, 1.807) is 0 Å². The maximum Gasteiger partial charge on any atom is 0.0954 e. The van der Waals surface area contributed by atoms with E-state index >= 15 is 0 Å². The van der Waals surface area contributed by atoms with Crippen molar-refractivity contribution in [2.45, 2.75) is 51.2 Å². The van der Waals surface area contributed by atoms with E-state index in [4.69, 9.17) is 0 Å². The molecule has 0 N–H and O–H groups in total. The predicted octanol–water partition coefficient (Wildman–Crippen LogP) is 2.07. The quantitative estimate of drug-likeness (QED) is 0.609. The summed E-state index contributed by atoms with van der Waals surface area (Å²) in [4.78, 5) is 2.55. The Morgan fingerprint density at radius 3 is 2.31 bits per heavy atom. The van der Waals surface area contributed by atoms with Crippen LogP contribution in [0.3, 0.4) is 0 Å². The second-order valence-corrected chi connectivity index (χ2v) is 4.81. The van der Waals surface area contributed by atoms with Crippen LogP contribution in [0.15, 0.2) is 0 Å². The van der Waals surface area contributed by atoms with Gasteiger partial charge in [0.1, 0.15) is 0 Å². The molecule has 2 nitrogen and oxygen atoms in total. The van der Waals surface area contributed by atoms with Crippen molar-refractivity contribution in [2.24, 2.45) is 5.92 Å². The van der Waals surface area contributed by atoms with Gasteiger partial charge < -0.3 is 4.90 Å². The first kappa shape index (κ1) is 9.47. The van der Waals surface area contributed by atoms with Crippen LogP contribution < -0.4 is 0 Å². The summed E-state index contributed by atoms with van der Waals surface area (Å²) >= 11 is 0. The van der Waals surface area contributed by atoms with E-state index in [2.05, 4.69) is 11.8 Å². The summed E-state index contributed by atoms with van der Waals surface area (Å²) in [6.45, 7) is 4.47. The minimum atomic E-state index is -0.268. The first-order valence-electron chi connectivity index (χ1n) is 5.65. The van der Waals surface area contributed by atoms with Gasteiger partial charge in [-0.3, -0.25) is 0 Å². The number of hydrogen-bond donors (Lipinski definition) is 0. The molecule has 0 amide bonds. The summed E-state index contributed by atoms with van der Waals surface area (Å²) < 4.78 is 0. The highest BCUT2D eigenvalue weighted by Gasteiger charge is 2.29. The van der Waals surface area contributed by atoms with Crippen LogP contribution in [-0.4, -0.2) is 30.1 Å². The predicted molar refractivity (Wildman–Crippen MR) is 52.1 cm³/mol. The Morgan fingerprint density at radius 1 is 1.08 bits per heavy atom. The summed E-state index contributed by atoms with van der Waals surface area (Å²) in [6, 6.07) is 0.808. The Balaban J connectivity index is 1.81. The monoisotopic (exact) mass is 182 g/mol. The van der Waals surface area contributed by atoms with Crippen molar-refractivity contribution in [1.29, 1.82) is 0 Å². The minimum Gasteiger partial charge on any atom is -0.300 e. The average molecular weight is 182 g/mol. The Hall–Kier alpha value is -0.0800. The van der Waals surface area contributed by atoms with E-state index in [9.17, 15) is 5.11 Å². The lowest BCUT2D eigenvalue weighted by atomic mass is 10.0. The summed E-state index contributed by atoms with van der Waals surface area (Å²) in [5.74, 6) is 0.912. The van der Waals surface area contributed by atoms with Gasteiger partial charge in [-0.25, -0.2) is 5.11 Å². The number of likely N-dealkylation sites (tertiary alicyclic amines) is 1. The molecule has 13 heavy (non-hydrogen) atoms. The lowest BCUT2D eigenvalue weighted by molar-refractivity contribution is 0.0155. The van der Waals surface area contributed by atoms with Gasteiger partial charge in [-0.05, 0) is 38.0 Å². The van der Waals surface area contributed by atoms with Crippen molar-refractivity contribution in [3.05, 3.63) is 0 Å². The molecule has 2 rings (SSSR count). The first-order chi connectivity index (χ1) is 6.25. The second-order valence-electron chi connectivity index (χ2n) is 4.81. The van der Waals surface area contributed by atoms with Gasteiger partial charge in [-0.1, -0.05) is 6.92 Å². The molecule has 0 spiro atoms. The van der Waals surface area contributed by atoms with Crippen LogP contribution in [0.2, 0.25) is 0 Å². The molecule has 1 aliphatic heterocycles. The highest BCUT2D eigenvalue weighted by atomic mass is 16.3. The molecule has 1 aliphatic carbocycles. The molecular formula is C11H20NO. The van der Waals surface area contributed by atoms with Gasteiger partial charge in [0.25, 0.3) is 0 Å². The third-order valence-corrected chi connectivity index (χ3v) is 3.66. The molecule has 2 aliphatic rings. The van der Waals surface area contributed by atoms with Crippen LogP contribution in [0.5, 0.6) is 0 Å². The molecule has 0 aromatic heterocycles. The van der Waals surface area contributed by atoms with Crippen molar-refractivity contribution in [1.82, 2.24) is 4.90 Å². The summed E-state index contributed by atoms with van der Waals surface area (Å²) in [6.07, 6.45) is 5.61. The standard InChI is InChI=1S/C11H20NO/c1-9-2-3-10(8-9)12-6-4-11(13)5-7-12/h9-11H,2-8H2,1H3. The molecule has 2 fully saturated rings. The number of nitrogens with zero attached hydrogens (tertiary/aromatic N) is 1. The molecule has 1 radical (unpaired) electrons. The van der Waals surface area contributed by atoms with Gasteiger partial charge in [0.05, 0.1) is 6.10 Å². The fraction of sp³-hybridized carbons (Fsp3) is 1.00. The molecule has 0 aromatic rings. The topological polar surface area (TPSA) is 23.1 Å². The number of piperidine rings is 1. The van der Waals surface area contributed by atoms with Gasteiger partial charge in [0, 0.05) is 19.1 Å². The van der Waals surface area contributed by atoms with Crippen molar-refractivity contribution in [3.63, 3.8) is 0 Å². The maximum absolute atomic E-state index is 11.1. The summed E-state index contributed by atoms with van der Waals surface area (Å²) in [5.41, 5.74) is 0. The Bertz CT molecular complexity index is 163. The van der Waals surface area contributed by atoms with Gasteiger partial charge in [0.2, 0.25) is 0 Å². The van der Waals surface area contributed by atoms with Gasteiger partial charge >= 0.3 is 0 Å². The fourth-order valence-corrected chi connectivity index (χ4v) is 2.75. The van der Waals surface area contributed by atoms with Crippen LogP contribution in [0.1, 0.15) is 39.0 Å². The molecule has 2 heteroatoms. The van der Waals surface area contributed by atoms with E-state index in [1.165, 1.54) is 19.3 Å². The van der Waals surface area contributed by atoms with Crippen LogP contribution >= 0.6 is 0 Å². The first-order valence-corrected chi connectivity index (χ1v) is 5.65. The molecular weight excluding hydrogens is 162 g/mol. The Morgan fingerprint density at radius 2 is 1.77 bits per heavy atom. The van der Waals surface area contributed by atoms with Crippen molar-refractivity contribution >= 4 is 0 Å². The third-order valence-electron chi connectivity index (χ3n) is 3.66. The normalized spacial score (nSPS) is 38.3. The molecule has 2 unspecified atom stereocenters. The molecule has 1 saturated carbocycles. The lowest BCUT2D eigenvalue weighted by Crippen LogP contribution is -2.41. The largest absolute Gasteiger partial charge is 0.300 e. The fourth-order valence-electron chi connectivity index (χ4n) is 2.75. The SMILES string of the molecule is CC1CCC(N2CCC([O])CC2)C1. The smallest absolute Gasteiger partial charge is 0.0954 e. The lowest BCUT2D eigenvalue weighted by Gasteiger charge is -2.33. The van der Waals surface area contributed by atoms with E-state index in [-0.39, 0.29) is 6.10 Å². The number of rotatable bonds is 1. The van der Waals surface area contributed by atoms with E-state index in [0.717, 1.165) is 37.9 Å². The molecule has 75 valence electrons. The summed E-state index contributed by atoms with van der Waals surface area (Å²) in [7, 11) is 0. The maximum atomic E-state index is 11.1. The van der Waals surface area contributed by atoms with Crippen LogP contribution in [0, 0.1) is 5.92 Å². The molecule has 1 heterocycles. The average Bonchev–Trinajstić information content (AvgIpc) is 2.53. The van der Waals surface area contributed by atoms with Crippen molar-refractivity contribution < 1.29 is 5.11 Å². The van der Waals surface area contributed by atoms with Crippen LogP contribution in [-0.2, 0) is 5.11 Å². The van der Waals surface area contributed by atoms with Crippen LogP contribution in [0.4, 0.5) is 0 Å². The van der Waals surface area contributed by atoms with E-state index in [0.29, 0.717) is 0 Å². The molecule has 1 saturated heterocycles. The van der Waals surface area contributed by atoms with Gasteiger partial charge in [-0.15, -0.1) is 0 Å². The Kier molecular flexibility index (Phi) is 2.89. The zero-order chi connectivity index (χ0) is 9.26. The summed E-state index contributed by atoms with van der Waals surface area (Å²) in [5, 5.41) is 11.1. The zero-order valence-corrected chi connectivity index (χ0v) is 8.54. The minimum absolute atomic E-state index is 0.268. The molecule has 0 aromatic carbocycles. The third kappa shape index (κ3) is 2.23. The van der Waals surface area contributed by atoms with Crippen molar-refractivity contribution in [3.8, 4) is 0 Å². The van der Waals surface area contributed by atoms with E-state index in [1.807, 2.05) is 0 Å². The van der Waals surface area contributed by atoms with Gasteiger partial charge in [0.15, 0.2) is 0 Å². The number of hydrogen-bond acceptors (Lipinski definition) is 1. The second kappa shape index (κ2) is 3.97. The molecule has 0 bridgehead atoms. The highest BCUT2D eigenvalue weighted by Crippen LogP contribution is 2.30. The Labute approximate surface area is 80.9 Å². The van der Waals surface area contributed by atoms with Gasteiger partial charge in [-0.2, -0.15) is 0 Å². The van der Waals surface area contributed by atoms with Crippen LogP contribution in [0.25, 0.3) is 0 Å². The van der Waals surface area contributed by atoms with Crippen molar-refractivity contribution in [2.75, 3.05) is 13.1 Å². The highest BCUT2D eigenvalue weighted by molar-refractivity contribution is 4.83.